The van der Waals surface area contributed by atoms with Crippen molar-refractivity contribution < 1.29 is 0 Å². The highest BCUT2D eigenvalue weighted by molar-refractivity contribution is 5.43. The zero-order valence-electron chi connectivity index (χ0n) is 14.0. The summed E-state index contributed by atoms with van der Waals surface area (Å²) in [5, 5.41) is 0. The summed E-state index contributed by atoms with van der Waals surface area (Å²) in [6.45, 7) is 5.37. The molecule has 122 valence electrons. The minimum Gasteiger partial charge on any atom is -0.354 e. The average Bonchev–Trinajstić information content (AvgIpc) is 2.61. The van der Waals surface area contributed by atoms with E-state index in [9.17, 15) is 0 Å². The summed E-state index contributed by atoms with van der Waals surface area (Å²) in [5.41, 5.74) is 1.42. The van der Waals surface area contributed by atoms with E-state index >= 15 is 0 Å². The quantitative estimate of drug-likeness (QED) is 0.843. The summed E-state index contributed by atoms with van der Waals surface area (Å²) < 4.78 is 0. The number of anilines is 2. The Kier molecular flexibility index (Phi) is 5.08. The van der Waals surface area contributed by atoms with Gasteiger partial charge in [-0.3, -0.25) is 4.90 Å². The van der Waals surface area contributed by atoms with E-state index < -0.39 is 0 Å². The molecule has 23 heavy (non-hydrogen) atoms. The second-order valence-electron chi connectivity index (χ2n) is 6.17. The van der Waals surface area contributed by atoms with Crippen molar-refractivity contribution in [2.75, 3.05) is 56.6 Å². The summed E-state index contributed by atoms with van der Waals surface area (Å²) in [7, 11) is 3.95. The molecular weight excluding hydrogens is 286 g/mol. The molecule has 0 amide bonds. The maximum atomic E-state index is 4.64. The van der Waals surface area contributed by atoms with Crippen LogP contribution in [0.5, 0.6) is 0 Å². The molecule has 5 heteroatoms. The highest BCUT2D eigenvalue weighted by atomic mass is 15.3. The zero-order valence-corrected chi connectivity index (χ0v) is 14.0. The van der Waals surface area contributed by atoms with Crippen LogP contribution in [0.1, 0.15) is 5.56 Å². The average molecular weight is 311 g/mol. The molecule has 0 N–H and O–H groups in total. The van der Waals surface area contributed by atoms with Crippen LogP contribution in [0.3, 0.4) is 0 Å². The topological polar surface area (TPSA) is 35.5 Å². The van der Waals surface area contributed by atoms with Crippen LogP contribution in [0.25, 0.3) is 0 Å². The van der Waals surface area contributed by atoms with Gasteiger partial charge >= 0.3 is 0 Å². The van der Waals surface area contributed by atoms with Crippen LogP contribution in [0.15, 0.2) is 42.6 Å². The molecule has 1 aliphatic heterocycles. The zero-order chi connectivity index (χ0) is 16.1. The monoisotopic (exact) mass is 311 g/mol. The maximum Gasteiger partial charge on any atom is 0.226 e. The molecule has 0 unspecified atom stereocenters. The van der Waals surface area contributed by atoms with E-state index in [1.54, 1.807) is 0 Å². The first-order valence-electron chi connectivity index (χ1n) is 8.24. The fourth-order valence-electron chi connectivity index (χ4n) is 2.86. The fraction of sp³-hybridized carbons (Fsp3) is 0.444. The van der Waals surface area contributed by atoms with Crippen molar-refractivity contribution >= 4 is 11.8 Å². The van der Waals surface area contributed by atoms with Gasteiger partial charge in [0.05, 0.1) is 0 Å². The molecule has 3 rings (SSSR count). The van der Waals surface area contributed by atoms with Gasteiger partial charge in [-0.15, -0.1) is 0 Å². The van der Waals surface area contributed by atoms with Crippen LogP contribution in [0, 0.1) is 0 Å². The van der Waals surface area contributed by atoms with E-state index in [1.165, 1.54) is 5.56 Å². The fourth-order valence-corrected chi connectivity index (χ4v) is 2.86. The molecule has 1 aromatic carbocycles. The van der Waals surface area contributed by atoms with Gasteiger partial charge in [0, 0.05) is 53.0 Å². The SMILES string of the molecule is CN(C)c1nccc(N2CCN(CCc3ccccc3)CC2)n1. The van der Waals surface area contributed by atoms with E-state index in [2.05, 4.69) is 50.1 Å². The Balaban J connectivity index is 1.51. The molecule has 2 aromatic rings. The van der Waals surface area contributed by atoms with Crippen molar-refractivity contribution in [3.63, 3.8) is 0 Å². The first-order chi connectivity index (χ1) is 11.2. The molecule has 5 nitrogen and oxygen atoms in total. The Morgan fingerprint density at radius 1 is 1.00 bits per heavy atom. The van der Waals surface area contributed by atoms with E-state index in [-0.39, 0.29) is 0 Å². The smallest absolute Gasteiger partial charge is 0.226 e. The highest BCUT2D eigenvalue weighted by Gasteiger charge is 2.18. The van der Waals surface area contributed by atoms with Crippen molar-refractivity contribution in [2.45, 2.75) is 6.42 Å². The third kappa shape index (κ3) is 4.20. The van der Waals surface area contributed by atoms with Crippen LogP contribution in [-0.4, -0.2) is 61.7 Å². The molecule has 1 fully saturated rings. The largest absolute Gasteiger partial charge is 0.354 e. The van der Waals surface area contributed by atoms with Crippen LogP contribution in [0.4, 0.5) is 11.8 Å². The number of benzene rings is 1. The summed E-state index contributed by atoms with van der Waals surface area (Å²) in [5.74, 6) is 1.81. The minimum atomic E-state index is 0.772. The van der Waals surface area contributed by atoms with Gasteiger partial charge in [0.15, 0.2) is 0 Å². The molecule has 0 radical (unpaired) electrons. The van der Waals surface area contributed by atoms with Crippen molar-refractivity contribution in [2.24, 2.45) is 0 Å². The van der Waals surface area contributed by atoms with Crippen molar-refractivity contribution in [1.29, 1.82) is 0 Å². The number of nitrogens with zero attached hydrogens (tertiary/aromatic N) is 5. The lowest BCUT2D eigenvalue weighted by Crippen LogP contribution is -2.47. The molecule has 2 heterocycles. The Bertz CT molecular complexity index is 606. The third-order valence-electron chi connectivity index (χ3n) is 4.28. The summed E-state index contributed by atoms with van der Waals surface area (Å²) in [4.78, 5) is 15.8. The predicted octanol–water partition coefficient (Wildman–Crippen LogP) is 1.91. The minimum absolute atomic E-state index is 0.772. The molecule has 0 saturated carbocycles. The van der Waals surface area contributed by atoms with Crippen LogP contribution < -0.4 is 9.80 Å². The molecule has 1 saturated heterocycles. The maximum absolute atomic E-state index is 4.64. The lowest BCUT2D eigenvalue weighted by atomic mass is 10.1. The Hall–Kier alpha value is -2.14. The lowest BCUT2D eigenvalue weighted by molar-refractivity contribution is 0.260. The van der Waals surface area contributed by atoms with Gasteiger partial charge in [-0.2, -0.15) is 4.98 Å². The van der Waals surface area contributed by atoms with Gasteiger partial charge in [0.1, 0.15) is 5.82 Å². The predicted molar refractivity (Wildman–Crippen MR) is 95.2 cm³/mol. The van der Waals surface area contributed by atoms with Gasteiger partial charge in [-0.1, -0.05) is 30.3 Å². The van der Waals surface area contributed by atoms with Gasteiger partial charge in [-0.25, -0.2) is 4.98 Å². The molecule has 1 aliphatic rings. The second kappa shape index (κ2) is 7.42. The van der Waals surface area contributed by atoms with Gasteiger partial charge in [-0.05, 0) is 18.1 Å². The summed E-state index contributed by atoms with van der Waals surface area (Å²) >= 11 is 0. The van der Waals surface area contributed by atoms with E-state index in [1.807, 2.05) is 31.3 Å². The van der Waals surface area contributed by atoms with Crippen molar-refractivity contribution in [3.05, 3.63) is 48.2 Å². The molecular formula is C18H25N5. The molecule has 0 spiro atoms. The third-order valence-corrected chi connectivity index (χ3v) is 4.28. The number of aromatic nitrogens is 2. The van der Waals surface area contributed by atoms with Crippen molar-refractivity contribution in [3.8, 4) is 0 Å². The Morgan fingerprint density at radius 2 is 1.74 bits per heavy atom. The Morgan fingerprint density at radius 3 is 2.43 bits per heavy atom. The van der Waals surface area contributed by atoms with Gasteiger partial charge in [0.2, 0.25) is 5.95 Å². The van der Waals surface area contributed by atoms with Crippen LogP contribution >= 0.6 is 0 Å². The van der Waals surface area contributed by atoms with Crippen molar-refractivity contribution in [1.82, 2.24) is 14.9 Å². The first kappa shape index (κ1) is 15.7. The van der Waals surface area contributed by atoms with E-state index in [0.717, 1.165) is 50.9 Å². The number of piperazine rings is 1. The summed E-state index contributed by atoms with van der Waals surface area (Å²) in [6.07, 6.45) is 2.97. The normalized spacial score (nSPS) is 15.7. The molecule has 0 atom stereocenters. The number of hydrogen-bond donors (Lipinski definition) is 0. The Labute approximate surface area is 138 Å². The number of rotatable bonds is 5. The first-order valence-corrected chi connectivity index (χ1v) is 8.24. The molecule has 0 aliphatic carbocycles. The van der Waals surface area contributed by atoms with E-state index in [0.29, 0.717) is 0 Å². The second-order valence-corrected chi connectivity index (χ2v) is 6.17. The van der Waals surface area contributed by atoms with Crippen LogP contribution in [-0.2, 0) is 6.42 Å². The summed E-state index contributed by atoms with van der Waals surface area (Å²) in [6, 6.07) is 12.7. The highest BCUT2D eigenvalue weighted by Crippen LogP contribution is 2.16. The van der Waals surface area contributed by atoms with E-state index in [4.69, 9.17) is 0 Å². The van der Waals surface area contributed by atoms with Crippen LogP contribution in [0.2, 0.25) is 0 Å². The number of hydrogen-bond acceptors (Lipinski definition) is 5. The molecule has 1 aromatic heterocycles. The molecule has 0 bridgehead atoms. The van der Waals surface area contributed by atoms with Gasteiger partial charge < -0.3 is 9.80 Å². The standard InChI is InChI=1S/C18H25N5/c1-21(2)18-19-10-8-17(20-18)23-14-12-22(13-15-23)11-9-16-6-4-3-5-7-16/h3-8,10H,9,11-15H2,1-2H3. The lowest BCUT2D eigenvalue weighted by Gasteiger charge is -2.35. The van der Waals surface area contributed by atoms with Gasteiger partial charge in [0.25, 0.3) is 0 Å².